The van der Waals surface area contributed by atoms with Gasteiger partial charge in [0.15, 0.2) is 17.5 Å². The van der Waals surface area contributed by atoms with Gasteiger partial charge < -0.3 is 11.1 Å². The van der Waals surface area contributed by atoms with Crippen molar-refractivity contribution < 1.29 is 8.78 Å². The van der Waals surface area contributed by atoms with Crippen LogP contribution in [0.15, 0.2) is 29.0 Å². The molecule has 2 rings (SSSR count). The van der Waals surface area contributed by atoms with E-state index >= 15 is 0 Å². The average Bonchev–Trinajstić information content (AvgIpc) is 2.23. The fourth-order valence-corrected chi connectivity index (χ4v) is 1.63. The summed E-state index contributed by atoms with van der Waals surface area (Å²) in [5, 5.41) is 2.48. The number of rotatable bonds is 2. The summed E-state index contributed by atoms with van der Waals surface area (Å²) in [6.45, 7) is 0. The molecule has 17 heavy (non-hydrogen) atoms. The van der Waals surface area contributed by atoms with Gasteiger partial charge in [-0.05, 0) is 12.1 Å². The van der Waals surface area contributed by atoms with Crippen LogP contribution in [-0.4, -0.2) is 9.97 Å². The van der Waals surface area contributed by atoms with Crippen molar-refractivity contribution >= 4 is 33.3 Å². The number of nitrogens with two attached hydrogens (primary N) is 1. The van der Waals surface area contributed by atoms with Gasteiger partial charge in [-0.25, -0.2) is 13.8 Å². The standard InChI is InChI=1S/C10H7BrF2N4/c11-5-1-6(12)10(7(13)2-5)17-9-4-15-3-8(14)16-9/h1-4H,(H3,14,16,17). The Morgan fingerprint density at radius 2 is 1.82 bits per heavy atom. The number of nitrogens with one attached hydrogen (secondary N) is 1. The number of anilines is 3. The molecule has 0 aliphatic rings. The molecule has 0 fully saturated rings. The molecule has 0 amide bonds. The number of nitrogen functional groups attached to an aromatic ring is 1. The maximum Gasteiger partial charge on any atom is 0.151 e. The zero-order chi connectivity index (χ0) is 12.4. The number of aromatic nitrogens is 2. The van der Waals surface area contributed by atoms with E-state index in [0.717, 1.165) is 12.1 Å². The minimum atomic E-state index is -0.735. The van der Waals surface area contributed by atoms with E-state index in [4.69, 9.17) is 5.73 Å². The van der Waals surface area contributed by atoms with Gasteiger partial charge >= 0.3 is 0 Å². The number of nitrogens with zero attached hydrogens (tertiary/aromatic N) is 2. The topological polar surface area (TPSA) is 63.8 Å². The first-order chi connectivity index (χ1) is 8.06. The van der Waals surface area contributed by atoms with Gasteiger partial charge in [-0.2, -0.15) is 0 Å². The molecule has 4 nitrogen and oxygen atoms in total. The van der Waals surface area contributed by atoms with E-state index in [-0.39, 0.29) is 17.3 Å². The lowest BCUT2D eigenvalue weighted by atomic mass is 10.3. The Morgan fingerprint density at radius 1 is 1.18 bits per heavy atom. The predicted molar refractivity (Wildman–Crippen MR) is 63.8 cm³/mol. The van der Waals surface area contributed by atoms with Gasteiger partial charge in [0, 0.05) is 4.47 Å². The first kappa shape index (κ1) is 11.7. The summed E-state index contributed by atoms with van der Waals surface area (Å²) in [7, 11) is 0. The normalized spacial score (nSPS) is 10.3. The minimum Gasteiger partial charge on any atom is -0.382 e. The van der Waals surface area contributed by atoms with E-state index in [9.17, 15) is 8.78 Å². The van der Waals surface area contributed by atoms with E-state index in [1.807, 2.05) is 0 Å². The van der Waals surface area contributed by atoms with Crippen molar-refractivity contribution in [1.82, 2.24) is 9.97 Å². The molecule has 0 bridgehead atoms. The van der Waals surface area contributed by atoms with Crippen LogP contribution in [0.3, 0.4) is 0 Å². The van der Waals surface area contributed by atoms with Crippen molar-refractivity contribution in [2.45, 2.75) is 0 Å². The molecule has 0 aliphatic carbocycles. The average molecular weight is 301 g/mol. The Morgan fingerprint density at radius 3 is 2.41 bits per heavy atom. The Labute approximate surface area is 104 Å². The summed E-state index contributed by atoms with van der Waals surface area (Å²) < 4.78 is 27.3. The summed E-state index contributed by atoms with van der Waals surface area (Å²) in [6.07, 6.45) is 2.65. The summed E-state index contributed by atoms with van der Waals surface area (Å²) >= 11 is 2.99. The fourth-order valence-electron chi connectivity index (χ4n) is 1.23. The van der Waals surface area contributed by atoms with Crippen LogP contribution in [0.4, 0.5) is 26.1 Å². The second kappa shape index (κ2) is 4.62. The third kappa shape index (κ3) is 2.68. The Bertz CT molecular complexity index is 539. The van der Waals surface area contributed by atoms with Crippen molar-refractivity contribution in [2.75, 3.05) is 11.1 Å². The highest BCUT2D eigenvalue weighted by Gasteiger charge is 2.11. The molecule has 1 heterocycles. The first-order valence-corrected chi connectivity index (χ1v) is 5.34. The van der Waals surface area contributed by atoms with Gasteiger partial charge in [-0.15, -0.1) is 0 Å². The van der Waals surface area contributed by atoms with Crippen molar-refractivity contribution in [1.29, 1.82) is 0 Å². The minimum absolute atomic E-state index is 0.160. The maximum atomic E-state index is 13.5. The molecule has 0 aliphatic heterocycles. The molecule has 7 heteroatoms. The molecule has 1 aromatic carbocycles. The van der Waals surface area contributed by atoms with E-state index < -0.39 is 11.6 Å². The molecule has 0 saturated carbocycles. The van der Waals surface area contributed by atoms with Crippen LogP contribution in [-0.2, 0) is 0 Å². The van der Waals surface area contributed by atoms with Gasteiger partial charge in [0.25, 0.3) is 0 Å². The number of halogens is 3. The van der Waals surface area contributed by atoms with Crippen molar-refractivity contribution in [3.63, 3.8) is 0 Å². The molecule has 0 spiro atoms. The Hall–Kier alpha value is -1.76. The lowest BCUT2D eigenvalue weighted by Gasteiger charge is -2.08. The zero-order valence-electron chi connectivity index (χ0n) is 8.42. The lowest BCUT2D eigenvalue weighted by Crippen LogP contribution is -2.02. The van der Waals surface area contributed by atoms with Crippen molar-refractivity contribution in [3.8, 4) is 0 Å². The molecule has 0 atom stereocenters. The molecule has 3 N–H and O–H groups in total. The predicted octanol–water partition coefficient (Wildman–Crippen LogP) is 2.84. The number of benzene rings is 1. The number of hydrogen-bond donors (Lipinski definition) is 2. The summed E-state index contributed by atoms with van der Waals surface area (Å²) in [5.74, 6) is -1.14. The van der Waals surface area contributed by atoms with E-state index in [2.05, 4.69) is 31.2 Å². The molecule has 88 valence electrons. The third-order valence-corrected chi connectivity index (χ3v) is 2.37. The second-order valence-corrected chi connectivity index (χ2v) is 4.11. The number of hydrogen-bond acceptors (Lipinski definition) is 4. The highest BCUT2D eigenvalue weighted by atomic mass is 79.9. The van der Waals surface area contributed by atoms with Crippen LogP contribution in [0.5, 0.6) is 0 Å². The zero-order valence-corrected chi connectivity index (χ0v) is 10.0. The van der Waals surface area contributed by atoms with Crippen LogP contribution in [0.25, 0.3) is 0 Å². The summed E-state index contributed by atoms with van der Waals surface area (Å²) in [6, 6.07) is 2.29. The molecule has 0 saturated heterocycles. The largest absolute Gasteiger partial charge is 0.382 e. The molecule has 1 aromatic heterocycles. The van der Waals surface area contributed by atoms with Crippen LogP contribution in [0.2, 0.25) is 0 Å². The maximum absolute atomic E-state index is 13.5. The highest BCUT2D eigenvalue weighted by molar-refractivity contribution is 9.10. The van der Waals surface area contributed by atoms with Crippen LogP contribution < -0.4 is 11.1 Å². The lowest BCUT2D eigenvalue weighted by molar-refractivity contribution is 0.589. The fraction of sp³-hybridized carbons (Fsp3) is 0. The smallest absolute Gasteiger partial charge is 0.151 e. The van der Waals surface area contributed by atoms with E-state index in [1.54, 1.807) is 0 Å². The SMILES string of the molecule is Nc1cncc(Nc2c(F)cc(Br)cc2F)n1. The van der Waals surface area contributed by atoms with Crippen LogP contribution in [0, 0.1) is 11.6 Å². The van der Waals surface area contributed by atoms with Gasteiger partial charge in [0.2, 0.25) is 0 Å². The van der Waals surface area contributed by atoms with Gasteiger partial charge in [-0.1, -0.05) is 15.9 Å². The Kier molecular flexibility index (Phi) is 3.19. The molecule has 0 unspecified atom stereocenters. The molecular weight excluding hydrogens is 294 g/mol. The van der Waals surface area contributed by atoms with E-state index in [0.29, 0.717) is 4.47 Å². The van der Waals surface area contributed by atoms with Crippen molar-refractivity contribution in [3.05, 3.63) is 40.6 Å². The summed E-state index contributed by atoms with van der Waals surface area (Å²) in [5.41, 5.74) is 5.11. The Balaban J connectivity index is 2.36. The monoisotopic (exact) mass is 300 g/mol. The molecule has 0 radical (unpaired) electrons. The second-order valence-electron chi connectivity index (χ2n) is 3.20. The molecular formula is C10H7BrF2N4. The quantitative estimate of drug-likeness (QED) is 0.895. The summed E-state index contributed by atoms with van der Waals surface area (Å²) in [4.78, 5) is 7.59. The first-order valence-electron chi connectivity index (χ1n) is 4.55. The third-order valence-electron chi connectivity index (χ3n) is 1.91. The van der Waals surface area contributed by atoms with Crippen molar-refractivity contribution in [2.24, 2.45) is 0 Å². The van der Waals surface area contributed by atoms with Gasteiger partial charge in [-0.3, -0.25) is 4.98 Å². The van der Waals surface area contributed by atoms with Crippen LogP contribution in [0.1, 0.15) is 0 Å². The van der Waals surface area contributed by atoms with E-state index in [1.165, 1.54) is 12.4 Å². The molecule has 2 aromatic rings. The highest BCUT2D eigenvalue weighted by Crippen LogP contribution is 2.26. The van der Waals surface area contributed by atoms with Crippen LogP contribution >= 0.6 is 15.9 Å². The van der Waals surface area contributed by atoms with Gasteiger partial charge in [0.05, 0.1) is 12.4 Å². The van der Waals surface area contributed by atoms with Gasteiger partial charge in [0.1, 0.15) is 11.5 Å².